The molecule has 0 N–H and O–H groups in total. The van der Waals surface area contributed by atoms with Crippen molar-refractivity contribution in [3.05, 3.63) is 235 Å². The van der Waals surface area contributed by atoms with Gasteiger partial charge in [0.1, 0.15) is 0 Å². The van der Waals surface area contributed by atoms with E-state index >= 15 is 0 Å². The molecule has 9 aromatic carbocycles. The summed E-state index contributed by atoms with van der Waals surface area (Å²) in [5, 5.41) is 5.08. The number of nitrogens with zero attached hydrogens (tertiary/aromatic N) is 1. The number of hydrogen-bond acceptors (Lipinski definition) is 2. The van der Waals surface area contributed by atoms with Crippen LogP contribution in [0.15, 0.2) is 212 Å². The van der Waals surface area contributed by atoms with Crippen molar-refractivity contribution in [2.24, 2.45) is 0 Å². The van der Waals surface area contributed by atoms with Crippen molar-refractivity contribution < 1.29 is 0 Å². The summed E-state index contributed by atoms with van der Waals surface area (Å²) in [4.78, 5) is 2.41. The lowest BCUT2D eigenvalue weighted by Gasteiger charge is -2.34. The van der Waals surface area contributed by atoms with Crippen molar-refractivity contribution in [3.63, 3.8) is 0 Å². The van der Waals surface area contributed by atoms with E-state index in [2.05, 4.69) is 217 Å². The van der Waals surface area contributed by atoms with Gasteiger partial charge in [-0.25, -0.2) is 0 Å². The number of benzene rings is 9. The first-order chi connectivity index (χ1) is 27.3. The molecule has 55 heavy (non-hydrogen) atoms. The molecule has 0 bridgehead atoms. The Kier molecular flexibility index (Phi) is 7.33. The van der Waals surface area contributed by atoms with E-state index in [9.17, 15) is 0 Å². The number of fused-ring (bicyclic) bond motifs is 7. The lowest BCUT2D eigenvalue weighted by molar-refractivity contribution is 0.768. The van der Waals surface area contributed by atoms with Crippen LogP contribution in [-0.2, 0) is 5.41 Å². The van der Waals surface area contributed by atoms with Gasteiger partial charge in [0, 0.05) is 36.9 Å². The first-order valence-corrected chi connectivity index (χ1v) is 19.7. The summed E-state index contributed by atoms with van der Waals surface area (Å²) < 4.78 is 2.66. The fourth-order valence-corrected chi connectivity index (χ4v) is 10.2. The summed E-state index contributed by atoms with van der Waals surface area (Å²) in [7, 11) is 0. The van der Waals surface area contributed by atoms with Crippen LogP contribution in [0.1, 0.15) is 22.3 Å². The third-order valence-electron chi connectivity index (χ3n) is 11.6. The van der Waals surface area contributed by atoms with Crippen LogP contribution in [-0.4, -0.2) is 0 Å². The molecule has 1 nitrogen and oxygen atoms in total. The molecule has 0 saturated heterocycles. The van der Waals surface area contributed by atoms with E-state index in [1.54, 1.807) is 0 Å². The largest absolute Gasteiger partial charge is 0.310 e. The quantitative estimate of drug-likeness (QED) is 0.166. The Morgan fingerprint density at radius 3 is 1.65 bits per heavy atom. The molecular weight excluding hydrogens is 683 g/mol. The summed E-state index contributed by atoms with van der Waals surface area (Å²) in [6.07, 6.45) is 0. The van der Waals surface area contributed by atoms with Crippen LogP contribution in [0.2, 0.25) is 0 Å². The van der Waals surface area contributed by atoms with E-state index < -0.39 is 5.41 Å². The predicted molar refractivity (Wildman–Crippen MR) is 234 cm³/mol. The Labute approximate surface area is 325 Å². The third kappa shape index (κ3) is 4.92. The Bertz CT molecular complexity index is 2980. The second kappa shape index (κ2) is 12.7. The Morgan fingerprint density at radius 1 is 0.364 bits per heavy atom. The topological polar surface area (TPSA) is 3.24 Å². The fourth-order valence-electron chi connectivity index (χ4n) is 9.11. The van der Waals surface area contributed by atoms with Gasteiger partial charge in [-0.1, -0.05) is 164 Å². The molecule has 1 heterocycles. The first kappa shape index (κ1) is 31.8. The molecule has 0 aliphatic heterocycles. The van der Waals surface area contributed by atoms with Crippen molar-refractivity contribution in [2.75, 3.05) is 4.90 Å². The van der Waals surface area contributed by atoms with E-state index in [0.29, 0.717) is 0 Å². The minimum absolute atomic E-state index is 0.437. The Hall–Kier alpha value is -6.74. The van der Waals surface area contributed by atoms with Gasteiger partial charge in [-0.05, 0) is 98.4 Å². The van der Waals surface area contributed by atoms with Gasteiger partial charge < -0.3 is 4.90 Å². The molecule has 1 aliphatic rings. The minimum atomic E-state index is -0.437. The highest BCUT2D eigenvalue weighted by Gasteiger charge is 2.45. The number of thiophene rings is 1. The van der Waals surface area contributed by atoms with E-state index in [4.69, 9.17) is 0 Å². The molecule has 0 spiro atoms. The van der Waals surface area contributed by atoms with Gasteiger partial charge in [-0.2, -0.15) is 0 Å². The van der Waals surface area contributed by atoms with Crippen LogP contribution in [0, 0.1) is 0 Å². The minimum Gasteiger partial charge on any atom is -0.310 e. The van der Waals surface area contributed by atoms with Crippen LogP contribution < -0.4 is 4.90 Å². The van der Waals surface area contributed by atoms with E-state index in [1.165, 1.54) is 75.5 Å². The SMILES string of the molecule is c1ccc(C2(c3ccc(N(c4ccc(-c5ccc6sc7ccccc7c6c5)cc4)c4cccc5ccccc45)cc3)c3ccccc3-c3ccccc32)cc1. The highest BCUT2D eigenvalue weighted by atomic mass is 32.1. The first-order valence-electron chi connectivity index (χ1n) is 18.9. The second-order valence-corrected chi connectivity index (χ2v) is 15.5. The van der Waals surface area contributed by atoms with E-state index in [0.717, 1.165) is 17.1 Å². The number of anilines is 3. The maximum Gasteiger partial charge on any atom is 0.0713 e. The molecule has 0 unspecified atom stereocenters. The molecule has 0 amide bonds. The van der Waals surface area contributed by atoms with Crippen LogP contribution >= 0.6 is 11.3 Å². The maximum atomic E-state index is 2.41. The molecule has 0 saturated carbocycles. The number of rotatable bonds is 6. The van der Waals surface area contributed by atoms with Crippen LogP contribution in [0.4, 0.5) is 17.1 Å². The summed E-state index contributed by atoms with van der Waals surface area (Å²) in [5.41, 5.74) is 13.2. The number of hydrogen-bond donors (Lipinski definition) is 0. The van der Waals surface area contributed by atoms with E-state index in [-0.39, 0.29) is 0 Å². The zero-order valence-electron chi connectivity index (χ0n) is 30.1. The maximum absolute atomic E-state index is 2.41. The average molecular weight is 718 g/mol. The van der Waals surface area contributed by atoms with Gasteiger partial charge in [-0.15, -0.1) is 11.3 Å². The van der Waals surface area contributed by atoms with Crippen LogP contribution in [0.5, 0.6) is 0 Å². The molecule has 2 heteroatoms. The fraction of sp³-hybridized carbons (Fsp3) is 0.0189. The second-order valence-electron chi connectivity index (χ2n) is 14.4. The summed E-state index contributed by atoms with van der Waals surface area (Å²) in [5.74, 6) is 0. The van der Waals surface area contributed by atoms with Gasteiger partial charge in [0.2, 0.25) is 0 Å². The molecule has 0 atom stereocenters. The molecule has 11 rings (SSSR count). The Balaban J connectivity index is 1.06. The molecule has 0 fully saturated rings. The summed E-state index contributed by atoms with van der Waals surface area (Å²) >= 11 is 1.86. The summed E-state index contributed by atoms with van der Waals surface area (Å²) in [6, 6.07) is 78.3. The molecular formula is C53H35NS. The highest BCUT2D eigenvalue weighted by Crippen LogP contribution is 2.56. The zero-order chi connectivity index (χ0) is 36.3. The normalized spacial score (nSPS) is 12.9. The van der Waals surface area contributed by atoms with Crippen molar-refractivity contribution in [1.29, 1.82) is 0 Å². The zero-order valence-corrected chi connectivity index (χ0v) is 30.9. The van der Waals surface area contributed by atoms with Crippen molar-refractivity contribution in [2.45, 2.75) is 5.41 Å². The van der Waals surface area contributed by atoms with Crippen molar-refractivity contribution in [1.82, 2.24) is 0 Å². The molecule has 0 radical (unpaired) electrons. The van der Waals surface area contributed by atoms with E-state index in [1.807, 2.05) is 11.3 Å². The molecule has 1 aromatic heterocycles. The predicted octanol–water partition coefficient (Wildman–Crippen LogP) is 14.7. The summed E-state index contributed by atoms with van der Waals surface area (Å²) in [6.45, 7) is 0. The standard InChI is InChI=1S/C53H35NS/c1-2-15-39(16-3-1)53(48-21-9-6-18-44(48)45-19-7-10-22-49(45)53)40-28-32-42(33-29-40)54(50-23-12-14-37-13-4-5-17-43(37)50)41-30-25-36(26-31-41)38-27-34-52-47(35-38)46-20-8-11-24-51(46)55-52/h1-35H. The smallest absolute Gasteiger partial charge is 0.0713 e. The van der Waals surface area contributed by atoms with Crippen LogP contribution in [0.3, 0.4) is 0 Å². The van der Waals surface area contributed by atoms with Gasteiger partial charge in [0.15, 0.2) is 0 Å². The van der Waals surface area contributed by atoms with Gasteiger partial charge in [-0.3, -0.25) is 0 Å². The third-order valence-corrected chi connectivity index (χ3v) is 12.7. The molecule has 1 aliphatic carbocycles. The van der Waals surface area contributed by atoms with Gasteiger partial charge in [0.05, 0.1) is 11.1 Å². The molecule has 10 aromatic rings. The average Bonchev–Trinajstić information content (AvgIpc) is 3.78. The van der Waals surface area contributed by atoms with Gasteiger partial charge >= 0.3 is 0 Å². The van der Waals surface area contributed by atoms with Crippen molar-refractivity contribution in [3.8, 4) is 22.3 Å². The Morgan fingerprint density at radius 2 is 0.909 bits per heavy atom. The lowest BCUT2D eigenvalue weighted by Crippen LogP contribution is -2.28. The van der Waals surface area contributed by atoms with Crippen molar-refractivity contribution >= 4 is 59.3 Å². The monoisotopic (exact) mass is 717 g/mol. The highest BCUT2D eigenvalue weighted by molar-refractivity contribution is 7.25. The lowest BCUT2D eigenvalue weighted by atomic mass is 9.68. The van der Waals surface area contributed by atoms with Crippen LogP contribution in [0.25, 0.3) is 53.2 Å². The molecule has 258 valence electrons. The van der Waals surface area contributed by atoms with Gasteiger partial charge in [0.25, 0.3) is 0 Å².